The number of likely N-dealkylation sites (N-methyl/N-ethyl adjacent to an activating group) is 1. The third-order valence-electron chi connectivity index (χ3n) is 2.43. The Morgan fingerprint density at radius 2 is 2.22 bits per heavy atom. The van der Waals surface area contributed by atoms with E-state index in [0.717, 1.165) is 11.0 Å². The van der Waals surface area contributed by atoms with Crippen molar-refractivity contribution in [2.24, 2.45) is 0 Å². The second-order valence-corrected chi connectivity index (χ2v) is 5.46. The zero-order chi connectivity index (χ0) is 13.7. The van der Waals surface area contributed by atoms with Crippen LogP contribution in [0.25, 0.3) is 0 Å². The fraction of sp³-hybridized carbons (Fsp3) is 0.417. The van der Waals surface area contributed by atoms with Crippen LogP contribution in [0.4, 0.5) is 0 Å². The van der Waals surface area contributed by atoms with Gasteiger partial charge in [-0.05, 0) is 47.7 Å². The van der Waals surface area contributed by atoms with Crippen LogP contribution in [0.1, 0.15) is 11.6 Å². The van der Waals surface area contributed by atoms with E-state index in [1.165, 1.54) is 0 Å². The van der Waals surface area contributed by atoms with Crippen LogP contribution in [-0.2, 0) is 4.79 Å². The molecule has 2 N–H and O–H groups in total. The SMILES string of the molecule is CN(C)CCNC(C(=O)O)c1ccc(Br)c(Cl)c1. The molecule has 1 atom stereocenters. The minimum atomic E-state index is -0.910. The monoisotopic (exact) mass is 334 g/mol. The van der Waals surface area contributed by atoms with Gasteiger partial charge in [-0.2, -0.15) is 0 Å². The quantitative estimate of drug-likeness (QED) is 0.838. The molecule has 0 aliphatic carbocycles. The number of carboxylic acid groups (broad SMARTS) is 1. The molecule has 0 radical (unpaired) electrons. The van der Waals surface area contributed by atoms with Crippen LogP contribution in [-0.4, -0.2) is 43.2 Å². The van der Waals surface area contributed by atoms with E-state index in [9.17, 15) is 9.90 Å². The van der Waals surface area contributed by atoms with Gasteiger partial charge >= 0.3 is 5.97 Å². The Bertz CT molecular complexity index is 427. The molecule has 18 heavy (non-hydrogen) atoms. The Balaban J connectivity index is 2.78. The molecule has 1 unspecified atom stereocenters. The van der Waals surface area contributed by atoms with Crippen molar-refractivity contribution in [3.63, 3.8) is 0 Å². The minimum Gasteiger partial charge on any atom is -0.480 e. The number of nitrogens with one attached hydrogen (secondary N) is 1. The van der Waals surface area contributed by atoms with E-state index in [0.29, 0.717) is 17.1 Å². The number of hydrogen-bond donors (Lipinski definition) is 2. The summed E-state index contributed by atoms with van der Waals surface area (Å²) in [6.45, 7) is 1.37. The molecule has 0 amide bonds. The van der Waals surface area contributed by atoms with Gasteiger partial charge in [0.2, 0.25) is 0 Å². The highest BCUT2D eigenvalue weighted by atomic mass is 79.9. The number of aliphatic carboxylic acids is 1. The molecule has 1 aromatic carbocycles. The van der Waals surface area contributed by atoms with Crippen LogP contribution in [0, 0.1) is 0 Å². The molecule has 1 rings (SSSR count). The van der Waals surface area contributed by atoms with Gasteiger partial charge in [-0.15, -0.1) is 0 Å². The molecule has 100 valence electrons. The molecule has 0 aromatic heterocycles. The summed E-state index contributed by atoms with van der Waals surface area (Å²) in [7, 11) is 3.88. The summed E-state index contributed by atoms with van der Waals surface area (Å²) in [4.78, 5) is 13.2. The average Bonchev–Trinajstić information content (AvgIpc) is 2.27. The van der Waals surface area contributed by atoms with Crippen LogP contribution < -0.4 is 5.32 Å². The van der Waals surface area contributed by atoms with Gasteiger partial charge < -0.3 is 10.0 Å². The van der Waals surface area contributed by atoms with Crippen LogP contribution >= 0.6 is 27.5 Å². The summed E-state index contributed by atoms with van der Waals surface area (Å²) in [5, 5.41) is 12.7. The Hall–Kier alpha value is -0.620. The van der Waals surface area contributed by atoms with Crippen molar-refractivity contribution in [3.05, 3.63) is 33.3 Å². The first kappa shape index (κ1) is 15.4. The second-order valence-electron chi connectivity index (χ2n) is 4.20. The third-order valence-corrected chi connectivity index (χ3v) is 3.66. The normalized spacial score (nSPS) is 12.7. The molecule has 4 nitrogen and oxygen atoms in total. The van der Waals surface area contributed by atoms with E-state index < -0.39 is 12.0 Å². The summed E-state index contributed by atoms with van der Waals surface area (Å²) >= 11 is 9.25. The largest absolute Gasteiger partial charge is 0.480 e. The second kappa shape index (κ2) is 7.09. The van der Waals surface area contributed by atoms with E-state index in [2.05, 4.69) is 21.2 Å². The Morgan fingerprint density at radius 3 is 2.72 bits per heavy atom. The first-order valence-electron chi connectivity index (χ1n) is 5.47. The summed E-state index contributed by atoms with van der Waals surface area (Å²) in [5.41, 5.74) is 0.648. The zero-order valence-corrected chi connectivity index (χ0v) is 12.6. The maximum Gasteiger partial charge on any atom is 0.325 e. The van der Waals surface area contributed by atoms with Gasteiger partial charge in [0.05, 0.1) is 5.02 Å². The minimum absolute atomic E-state index is 0.508. The summed E-state index contributed by atoms with van der Waals surface area (Å²) in [6.07, 6.45) is 0. The van der Waals surface area contributed by atoms with Gasteiger partial charge in [-0.1, -0.05) is 17.7 Å². The number of hydrogen-bond acceptors (Lipinski definition) is 3. The summed E-state index contributed by atoms with van der Waals surface area (Å²) in [5.74, 6) is -0.910. The van der Waals surface area contributed by atoms with Gasteiger partial charge in [-0.25, -0.2) is 0 Å². The van der Waals surface area contributed by atoms with Crippen molar-refractivity contribution >= 4 is 33.5 Å². The van der Waals surface area contributed by atoms with Crippen LogP contribution in [0.5, 0.6) is 0 Å². The van der Waals surface area contributed by atoms with Crippen molar-refractivity contribution in [3.8, 4) is 0 Å². The molecule has 0 spiro atoms. The van der Waals surface area contributed by atoms with E-state index in [1.807, 2.05) is 19.0 Å². The van der Waals surface area contributed by atoms with Gasteiger partial charge in [0.25, 0.3) is 0 Å². The van der Waals surface area contributed by atoms with Crippen molar-refractivity contribution in [1.82, 2.24) is 10.2 Å². The van der Waals surface area contributed by atoms with Crippen LogP contribution in [0.15, 0.2) is 22.7 Å². The van der Waals surface area contributed by atoms with Gasteiger partial charge in [0.15, 0.2) is 0 Å². The number of benzene rings is 1. The summed E-state index contributed by atoms with van der Waals surface area (Å²) < 4.78 is 0.755. The maximum atomic E-state index is 11.2. The lowest BCUT2D eigenvalue weighted by Crippen LogP contribution is -2.33. The molecule has 0 saturated carbocycles. The van der Waals surface area contributed by atoms with E-state index >= 15 is 0 Å². The standard InChI is InChI=1S/C12H16BrClN2O2/c1-16(2)6-5-15-11(12(17)18)8-3-4-9(13)10(14)7-8/h3-4,7,11,15H,5-6H2,1-2H3,(H,17,18). The van der Waals surface area contributed by atoms with Crippen molar-refractivity contribution in [1.29, 1.82) is 0 Å². The Kier molecular flexibility index (Phi) is 6.08. The molecule has 0 aliphatic heterocycles. The third kappa shape index (κ3) is 4.57. The van der Waals surface area contributed by atoms with Gasteiger partial charge in [-0.3, -0.25) is 10.1 Å². The molecule has 0 heterocycles. The summed E-state index contributed by atoms with van der Waals surface area (Å²) in [6, 6.07) is 4.42. The van der Waals surface area contributed by atoms with E-state index in [-0.39, 0.29) is 0 Å². The zero-order valence-electron chi connectivity index (χ0n) is 10.3. The predicted octanol–water partition coefficient (Wildman–Crippen LogP) is 2.38. The Morgan fingerprint density at radius 1 is 1.56 bits per heavy atom. The number of nitrogens with zero attached hydrogens (tertiary/aromatic N) is 1. The van der Waals surface area contributed by atoms with Crippen molar-refractivity contribution in [2.75, 3.05) is 27.2 Å². The lowest BCUT2D eigenvalue weighted by molar-refractivity contribution is -0.139. The van der Waals surface area contributed by atoms with Crippen molar-refractivity contribution < 1.29 is 9.90 Å². The molecule has 0 aliphatic rings. The fourth-order valence-electron chi connectivity index (χ4n) is 1.47. The highest BCUT2D eigenvalue weighted by Crippen LogP contribution is 2.26. The van der Waals surface area contributed by atoms with Crippen LogP contribution in [0.3, 0.4) is 0 Å². The van der Waals surface area contributed by atoms with E-state index in [1.54, 1.807) is 18.2 Å². The molecule has 6 heteroatoms. The van der Waals surface area contributed by atoms with E-state index in [4.69, 9.17) is 11.6 Å². The highest BCUT2D eigenvalue weighted by Gasteiger charge is 2.19. The van der Waals surface area contributed by atoms with Crippen molar-refractivity contribution in [2.45, 2.75) is 6.04 Å². The molecule has 1 aromatic rings. The first-order chi connectivity index (χ1) is 8.41. The predicted molar refractivity (Wildman–Crippen MR) is 76.1 cm³/mol. The highest BCUT2D eigenvalue weighted by molar-refractivity contribution is 9.10. The number of rotatable bonds is 6. The Labute approximate surface area is 120 Å². The fourth-order valence-corrected chi connectivity index (χ4v) is 1.91. The maximum absolute atomic E-state index is 11.2. The average molecular weight is 336 g/mol. The smallest absolute Gasteiger partial charge is 0.325 e. The molecular weight excluding hydrogens is 320 g/mol. The topological polar surface area (TPSA) is 52.6 Å². The molecule has 0 saturated heterocycles. The number of carbonyl (C=O) groups is 1. The molecule has 0 bridgehead atoms. The number of halogens is 2. The molecule has 0 fully saturated rings. The number of carboxylic acids is 1. The first-order valence-corrected chi connectivity index (χ1v) is 6.64. The van der Waals surface area contributed by atoms with Gasteiger partial charge in [0, 0.05) is 17.6 Å². The molecular formula is C12H16BrClN2O2. The van der Waals surface area contributed by atoms with Crippen LogP contribution in [0.2, 0.25) is 5.02 Å². The lowest BCUT2D eigenvalue weighted by atomic mass is 10.1. The van der Waals surface area contributed by atoms with Gasteiger partial charge in [0.1, 0.15) is 6.04 Å². The lowest BCUT2D eigenvalue weighted by Gasteiger charge is -2.17.